The molecule has 0 aliphatic rings. The minimum Gasteiger partial charge on any atom is -0.497 e. The molecule has 0 saturated heterocycles. The molecule has 0 aromatic heterocycles. The second-order valence-corrected chi connectivity index (χ2v) is 12.2. The lowest BCUT2D eigenvalue weighted by Gasteiger charge is -2.32. The summed E-state index contributed by atoms with van der Waals surface area (Å²) in [5, 5.41) is 3.49. The van der Waals surface area contributed by atoms with Gasteiger partial charge in [0.2, 0.25) is 11.8 Å². The van der Waals surface area contributed by atoms with E-state index in [1.165, 1.54) is 36.3 Å². The van der Waals surface area contributed by atoms with Gasteiger partial charge in [0, 0.05) is 28.7 Å². The molecule has 0 radical (unpaired) electrons. The van der Waals surface area contributed by atoms with Crippen LogP contribution in [-0.2, 0) is 26.2 Å². The van der Waals surface area contributed by atoms with Crippen LogP contribution in [0.3, 0.4) is 0 Å². The maximum atomic E-state index is 14.0. The Labute approximate surface area is 245 Å². The van der Waals surface area contributed by atoms with Crippen molar-refractivity contribution in [2.75, 3.05) is 24.5 Å². The SMILES string of the molecule is COc1ccc(S(=O)(=O)N(CC(=O)N(Cc2c(Cl)cccc2Cl)C(C)C(=O)NCC(C)C)c2ccccc2)cc1. The quantitative estimate of drug-likeness (QED) is 0.299. The van der Waals surface area contributed by atoms with Crippen molar-refractivity contribution in [3.05, 3.63) is 88.4 Å². The van der Waals surface area contributed by atoms with Gasteiger partial charge >= 0.3 is 0 Å². The van der Waals surface area contributed by atoms with Crippen LogP contribution < -0.4 is 14.4 Å². The fraction of sp³-hybridized carbons (Fsp3) is 0.310. The third-order valence-corrected chi connectivity index (χ3v) is 8.71. The number of ether oxygens (including phenoxy) is 1. The molecular weight excluding hydrogens is 573 g/mol. The van der Waals surface area contributed by atoms with E-state index in [0.29, 0.717) is 33.6 Å². The number of carbonyl (C=O) groups excluding carboxylic acids is 2. The summed E-state index contributed by atoms with van der Waals surface area (Å²) in [6.45, 7) is 5.25. The van der Waals surface area contributed by atoms with E-state index < -0.39 is 28.5 Å². The number of carbonyl (C=O) groups is 2. The zero-order valence-corrected chi connectivity index (χ0v) is 25.1. The standard InChI is InChI=1S/C29H33Cl2N3O5S/c1-20(2)17-32-29(36)21(3)33(18-25-26(30)11-8-12-27(25)31)28(35)19-34(22-9-6-5-7-10-22)40(37,38)24-15-13-23(39-4)14-16-24/h5-16,20-21H,17-19H2,1-4H3,(H,32,36). The molecule has 8 nitrogen and oxygen atoms in total. The molecule has 0 spiro atoms. The van der Waals surface area contributed by atoms with Gasteiger partial charge in [-0.3, -0.25) is 13.9 Å². The van der Waals surface area contributed by atoms with E-state index in [4.69, 9.17) is 27.9 Å². The highest BCUT2D eigenvalue weighted by Crippen LogP contribution is 2.28. The van der Waals surface area contributed by atoms with Gasteiger partial charge in [-0.15, -0.1) is 0 Å². The number of amides is 2. The molecule has 11 heteroatoms. The molecule has 3 rings (SSSR count). The first-order chi connectivity index (χ1) is 18.9. The van der Waals surface area contributed by atoms with Crippen molar-refractivity contribution < 1.29 is 22.7 Å². The molecule has 3 aromatic carbocycles. The van der Waals surface area contributed by atoms with E-state index in [9.17, 15) is 18.0 Å². The molecule has 0 aliphatic heterocycles. The molecule has 1 unspecified atom stereocenters. The fourth-order valence-corrected chi connectivity index (χ4v) is 5.82. The van der Waals surface area contributed by atoms with E-state index in [-0.39, 0.29) is 23.3 Å². The summed E-state index contributed by atoms with van der Waals surface area (Å²) in [4.78, 5) is 28.3. The fourth-order valence-electron chi connectivity index (χ4n) is 3.89. The van der Waals surface area contributed by atoms with E-state index in [1.54, 1.807) is 55.5 Å². The third-order valence-electron chi connectivity index (χ3n) is 6.21. The smallest absolute Gasteiger partial charge is 0.264 e. The molecular formula is C29H33Cl2N3O5S. The van der Waals surface area contributed by atoms with Crippen LogP contribution in [0.5, 0.6) is 5.75 Å². The molecule has 0 bridgehead atoms. The molecule has 0 fully saturated rings. The van der Waals surface area contributed by atoms with E-state index in [0.717, 1.165) is 4.31 Å². The van der Waals surface area contributed by atoms with Gasteiger partial charge in [0.25, 0.3) is 10.0 Å². The second-order valence-electron chi connectivity index (χ2n) is 9.56. The number of nitrogens with one attached hydrogen (secondary N) is 1. The lowest BCUT2D eigenvalue weighted by atomic mass is 10.1. The average Bonchev–Trinajstić information content (AvgIpc) is 2.94. The number of hydrogen-bond acceptors (Lipinski definition) is 5. The van der Waals surface area contributed by atoms with Crippen LogP contribution >= 0.6 is 23.2 Å². The zero-order valence-electron chi connectivity index (χ0n) is 22.8. The van der Waals surface area contributed by atoms with Crippen LogP contribution in [0, 0.1) is 5.92 Å². The molecule has 40 heavy (non-hydrogen) atoms. The Morgan fingerprint density at radius 3 is 2.05 bits per heavy atom. The van der Waals surface area contributed by atoms with E-state index in [1.807, 2.05) is 13.8 Å². The van der Waals surface area contributed by atoms with Crippen LogP contribution in [0.4, 0.5) is 5.69 Å². The third kappa shape index (κ3) is 7.68. The highest BCUT2D eigenvalue weighted by atomic mass is 35.5. The molecule has 1 atom stereocenters. The predicted molar refractivity (Wildman–Crippen MR) is 158 cm³/mol. The maximum absolute atomic E-state index is 14.0. The molecule has 0 aliphatic carbocycles. The highest BCUT2D eigenvalue weighted by Gasteiger charge is 2.33. The van der Waals surface area contributed by atoms with Gasteiger partial charge in [0.05, 0.1) is 17.7 Å². The van der Waals surface area contributed by atoms with Gasteiger partial charge in [-0.25, -0.2) is 8.42 Å². The van der Waals surface area contributed by atoms with Crippen molar-refractivity contribution in [3.8, 4) is 5.75 Å². The van der Waals surface area contributed by atoms with Crippen LogP contribution in [0.25, 0.3) is 0 Å². The Kier molecular flexibility index (Phi) is 10.8. The van der Waals surface area contributed by atoms with Gasteiger partial charge in [-0.05, 0) is 61.4 Å². The normalized spacial score (nSPS) is 12.1. The number of anilines is 1. The summed E-state index contributed by atoms with van der Waals surface area (Å²) < 4.78 is 33.8. The van der Waals surface area contributed by atoms with Gasteiger partial charge < -0.3 is 15.0 Å². The molecule has 1 N–H and O–H groups in total. The molecule has 2 amide bonds. The summed E-state index contributed by atoms with van der Waals surface area (Å²) in [6, 6.07) is 18.2. The van der Waals surface area contributed by atoms with Crippen molar-refractivity contribution in [2.24, 2.45) is 5.92 Å². The predicted octanol–water partition coefficient (Wildman–Crippen LogP) is 5.39. The highest BCUT2D eigenvalue weighted by molar-refractivity contribution is 7.92. The number of para-hydroxylation sites is 1. The maximum Gasteiger partial charge on any atom is 0.264 e. The lowest BCUT2D eigenvalue weighted by Crippen LogP contribution is -2.51. The first-order valence-electron chi connectivity index (χ1n) is 12.7. The Morgan fingerprint density at radius 1 is 0.900 bits per heavy atom. The van der Waals surface area contributed by atoms with Gasteiger partial charge in [0.1, 0.15) is 18.3 Å². The van der Waals surface area contributed by atoms with Gasteiger partial charge in [-0.2, -0.15) is 0 Å². The summed E-state index contributed by atoms with van der Waals surface area (Å²) in [5.74, 6) is -0.300. The van der Waals surface area contributed by atoms with E-state index in [2.05, 4.69) is 5.32 Å². The van der Waals surface area contributed by atoms with Crippen LogP contribution in [0.15, 0.2) is 77.7 Å². The van der Waals surface area contributed by atoms with E-state index >= 15 is 0 Å². The number of methoxy groups -OCH3 is 1. The minimum absolute atomic E-state index is 0.0200. The number of rotatable bonds is 12. The summed E-state index contributed by atoms with van der Waals surface area (Å²) in [6.07, 6.45) is 0. The van der Waals surface area contributed by atoms with Crippen LogP contribution in [0.2, 0.25) is 10.0 Å². The Morgan fingerprint density at radius 2 is 1.50 bits per heavy atom. The van der Waals surface area contributed by atoms with Crippen molar-refractivity contribution in [1.29, 1.82) is 0 Å². The topological polar surface area (TPSA) is 96.0 Å². The summed E-state index contributed by atoms with van der Waals surface area (Å²) in [5.41, 5.74) is 0.742. The van der Waals surface area contributed by atoms with Crippen molar-refractivity contribution >= 4 is 50.7 Å². The Hall–Kier alpha value is -3.27. The van der Waals surface area contributed by atoms with Crippen LogP contribution in [-0.4, -0.2) is 51.4 Å². The molecule has 0 heterocycles. The molecule has 214 valence electrons. The molecule has 3 aromatic rings. The van der Waals surface area contributed by atoms with Gasteiger partial charge in [-0.1, -0.05) is 61.3 Å². The Balaban J connectivity index is 2.02. The monoisotopic (exact) mass is 605 g/mol. The lowest BCUT2D eigenvalue weighted by molar-refractivity contribution is -0.139. The average molecular weight is 607 g/mol. The first-order valence-corrected chi connectivity index (χ1v) is 14.9. The number of benzene rings is 3. The summed E-state index contributed by atoms with van der Waals surface area (Å²) in [7, 11) is -2.70. The number of halogens is 2. The Bertz CT molecular complexity index is 1400. The largest absolute Gasteiger partial charge is 0.497 e. The van der Waals surface area contributed by atoms with Crippen molar-refractivity contribution in [2.45, 2.75) is 38.3 Å². The van der Waals surface area contributed by atoms with Crippen LogP contribution in [0.1, 0.15) is 26.3 Å². The number of nitrogens with zero attached hydrogens (tertiary/aromatic N) is 2. The van der Waals surface area contributed by atoms with Gasteiger partial charge in [0.15, 0.2) is 0 Å². The minimum atomic E-state index is -4.19. The van der Waals surface area contributed by atoms with Crippen molar-refractivity contribution in [1.82, 2.24) is 10.2 Å². The molecule has 0 saturated carbocycles. The number of sulfonamides is 1. The number of hydrogen-bond donors (Lipinski definition) is 1. The summed E-state index contributed by atoms with van der Waals surface area (Å²) >= 11 is 12.8. The zero-order chi connectivity index (χ0) is 29.4. The second kappa shape index (κ2) is 13.9. The first kappa shape index (κ1) is 31.3. The van der Waals surface area contributed by atoms with Crippen molar-refractivity contribution in [3.63, 3.8) is 0 Å².